The number of aryl methyl sites for hydroxylation is 1. The van der Waals surface area contributed by atoms with Gasteiger partial charge in [-0.3, -0.25) is 0 Å². The number of aliphatic hydroxyl groups is 1. The normalized spacial score (nSPS) is 14.2. The molecule has 100 valence electrons. The van der Waals surface area contributed by atoms with E-state index in [0.29, 0.717) is 5.56 Å². The van der Waals surface area contributed by atoms with E-state index in [1.54, 1.807) is 12.1 Å². The molecule has 2 aromatic rings. The summed E-state index contributed by atoms with van der Waals surface area (Å²) in [6.07, 6.45) is 0.815. The van der Waals surface area contributed by atoms with Gasteiger partial charge in [0.2, 0.25) is 0 Å². The van der Waals surface area contributed by atoms with Crippen LogP contribution in [0.2, 0.25) is 0 Å². The van der Waals surface area contributed by atoms with Gasteiger partial charge < -0.3 is 5.11 Å². The molecule has 0 aliphatic carbocycles. The van der Waals surface area contributed by atoms with Crippen molar-refractivity contribution in [1.82, 2.24) is 0 Å². The molecule has 0 radical (unpaired) electrons. The number of rotatable bonds is 3. The first-order valence-electron chi connectivity index (χ1n) is 6.23. The fourth-order valence-corrected chi connectivity index (χ4v) is 2.13. The zero-order chi connectivity index (χ0) is 14.0. The Kier molecular flexibility index (Phi) is 3.67. The molecule has 19 heavy (non-hydrogen) atoms. The van der Waals surface area contributed by atoms with Gasteiger partial charge in [0.15, 0.2) is 11.6 Å². The van der Waals surface area contributed by atoms with Crippen molar-refractivity contribution in [2.24, 2.45) is 0 Å². The Bertz CT molecular complexity index is 591. The lowest BCUT2D eigenvalue weighted by molar-refractivity contribution is 0.0969. The molecule has 0 saturated carbocycles. The zero-order valence-electron chi connectivity index (χ0n) is 11.0. The van der Waals surface area contributed by atoms with Crippen LogP contribution in [0.5, 0.6) is 0 Å². The summed E-state index contributed by atoms with van der Waals surface area (Å²) < 4.78 is 27.1. The van der Waals surface area contributed by atoms with Crippen LogP contribution in [0, 0.1) is 11.6 Å². The van der Waals surface area contributed by atoms with Crippen LogP contribution in [0.3, 0.4) is 0 Å². The molecule has 0 fully saturated rings. The molecule has 0 heterocycles. The maximum atomic E-state index is 13.8. The van der Waals surface area contributed by atoms with Gasteiger partial charge in [-0.15, -0.1) is 0 Å². The van der Waals surface area contributed by atoms with Gasteiger partial charge in [0.25, 0.3) is 0 Å². The van der Waals surface area contributed by atoms with Gasteiger partial charge in [-0.2, -0.15) is 0 Å². The summed E-state index contributed by atoms with van der Waals surface area (Å²) in [4.78, 5) is 0. The fourth-order valence-electron chi connectivity index (χ4n) is 2.13. The number of halogens is 2. The van der Waals surface area contributed by atoms with Crippen molar-refractivity contribution in [1.29, 1.82) is 0 Å². The van der Waals surface area contributed by atoms with Crippen molar-refractivity contribution >= 4 is 0 Å². The number of hydrogen-bond acceptors (Lipinski definition) is 1. The minimum absolute atomic E-state index is 0.0549. The number of benzene rings is 2. The van der Waals surface area contributed by atoms with Crippen molar-refractivity contribution in [3.63, 3.8) is 0 Å². The second kappa shape index (κ2) is 5.10. The molecule has 1 nitrogen and oxygen atoms in total. The van der Waals surface area contributed by atoms with Crippen LogP contribution in [-0.2, 0) is 12.0 Å². The molecular weight excluding hydrogens is 246 g/mol. The molecule has 0 bridgehead atoms. The monoisotopic (exact) mass is 262 g/mol. The zero-order valence-corrected chi connectivity index (χ0v) is 11.0. The van der Waals surface area contributed by atoms with E-state index in [-0.39, 0.29) is 5.56 Å². The van der Waals surface area contributed by atoms with Gasteiger partial charge in [-0.25, -0.2) is 8.78 Å². The molecule has 1 unspecified atom stereocenters. The Labute approximate surface area is 111 Å². The summed E-state index contributed by atoms with van der Waals surface area (Å²) in [5.41, 5.74) is -0.0242. The molecule has 3 heteroatoms. The summed E-state index contributed by atoms with van der Waals surface area (Å²) in [7, 11) is 0. The quantitative estimate of drug-likeness (QED) is 0.892. The second-order valence-corrected chi connectivity index (χ2v) is 4.73. The lowest BCUT2D eigenvalue weighted by Gasteiger charge is -2.25. The summed E-state index contributed by atoms with van der Waals surface area (Å²) in [5, 5.41) is 10.6. The van der Waals surface area contributed by atoms with E-state index in [1.165, 1.54) is 19.1 Å². The Hall–Kier alpha value is -1.74. The van der Waals surface area contributed by atoms with E-state index in [2.05, 4.69) is 0 Å². The molecule has 0 aliphatic heterocycles. The summed E-state index contributed by atoms with van der Waals surface area (Å²) in [5.74, 6) is -1.96. The minimum Gasteiger partial charge on any atom is -0.381 e. The van der Waals surface area contributed by atoms with Crippen LogP contribution in [0.4, 0.5) is 8.78 Å². The SMILES string of the molecule is CCc1cccc(C(C)(O)c2cccc(F)c2F)c1. The highest BCUT2D eigenvalue weighted by Gasteiger charge is 2.30. The first-order valence-corrected chi connectivity index (χ1v) is 6.23. The Morgan fingerprint density at radius 3 is 2.47 bits per heavy atom. The van der Waals surface area contributed by atoms with Crippen LogP contribution in [0.1, 0.15) is 30.5 Å². The molecule has 2 aromatic carbocycles. The average Bonchev–Trinajstić information content (AvgIpc) is 2.41. The standard InChI is InChI=1S/C16H16F2O/c1-3-11-6-4-7-12(10-11)16(2,19)13-8-5-9-14(17)15(13)18/h4-10,19H,3H2,1-2H3. The lowest BCUT2D eigenvalue weighted by Crippen LogP contribution is -2.25. The maximum absolute atomic E-state index is 13.8. The summed E-state index contributed by atoms with van der Waals surface area (Å²) in [6, 6.07) is 11.1. The molecule has 0 aromatic heterocycles. The largest absolute Gasteiger partial charge is 0.381 e. The Morgan fingerprint density at radius 1 is 1.11 bits per heavy atom. The third-order valence-corrected chi connectivity index (χ3v) is 3.37. The average molecular weight is 262 g/mol. The van der Waals surface area contributed by atoms with Crippen LogP contribution in [0.25, 0.3) is 0 Å². The van der Waals surface area contributed by atoms with Crippen molar-refractivity contribution in [2.75, 3.05) is 0 Å². The highest BCUT2D eigenvalue weighted by molar-refractivity contribution is 5.38. The molecular formula is C16H16F2O. The Morgan fingerprint density at radius 2 is 1.79 bits per heavy atom. The molecule has 0 saturated heterocycles. The van der Waals surface area contributed by atoms with Gasteiger partial charge >= 0.3 is 0 Å². The topological polar surface area (TPSA) is 20.2 Å². The summed E-state index contributed by atoms with van der Waals surface area (Å²) in [6.45, 7) is 3.47. The van der Waals surface area contributed by atoms with Gasteiger partial charge in [-0.05, 0) is 30.5 Å². The van der Waals surface area contributed by atoms with Gasteiger partial charge in [-0.1, -0.05) is 43.3 Å². The molecule has 1 atom stereocenters. The fraction of sp³-hybridized carbons (Fsp3) is 0.250. The van der Waals surface area contributed by atoms with Crippen molar-refractivity contribution in [2.45, 2.75) is 25.9 Å². The maximum Gasteiger partial charge on any atom is 0.165 e. The molecule has 1 N–H and O–H groups in total. The van der Waals surface area contributed by atoms with Gasteiger partial charge in [0, 0.05) is 5.56 Å². The molecule has 0 amide bonds. The van der Waals surface area contributed by atoms with Crippen molar-refractivity contribution in [3.05, 3.63) is 70.8 Å². The molecule has 2 rings (SSSR count). The predicted molar refractivity (Wildman–Crippen MR) is 70.9 cm³/mol. The van der Waals surface area contributed by atoms with E-state index in [1.807, 2.05) is 19.1 Å². The van der Waals surface area contributed by atoms with Crippen LogP contribution >= 0.6 is 0 Å². The first-order chi connectivity index (χ1) is 8.96. The second-order valence-electron chi connectivity index (χ2n) is 4.73. The smallest absolute Gasteiger partial charge is 0.165 e. The summed E-state index contributed by atoms with van der Waals surface area (Å²) >= 11 is 0. The lowest BCUT2D eigenvalue weighted by atomic mass is 9.87. The van der Waals surface area contributed by atoms with E-state index in [0.717, 1.165) is 18.1 Å². The third kappa shape index (κ3) is 2.51. The van der Waals surface area contributed by atoms with E-state index in [9.17, 15) is 13.9 Å². The first kappa shape index (κ1) is 13.7. The number of hydrogen-bond donors (Lipinski definition) is 1. The van der Waals surface area contributed by atoms with Crippen molar-refractivity contribution < 1.29 is 13.9 Å². The third-order valence-electron chi connectivity index (χ3n) is 3.37. The van der Waals surface area contributed by atoms with Crippen LogP contribution in [-0.4, -0.2) is 5.11 Å². The van der Waals surface area contributed by atoms with E-state index < -0.39 is 17.2 Å². The minimum atomic E-state index is -1.56. The highest BCUT2D eigenvalue weighted by Crippen LogP contribution is 2.32. The van der Waals surface area contributed by atoms with E-state index >= 15 is 0 Å². The molecule has 0 aliphatic rings. The highest BCUT2D eigenvalue weighted by atomic mass is 19.2. The van der Waals surface area contributed by atoms with Crippen LogP contribution in [0.15, 0.2) is 42.5 Å². The van der Waals surface area contributed by atoms with Crippen LogP contribution < -0.4 is 0 Å². The van der Waals surface area contributed by atoms with Crippen molar-refractivity contribution in [3.8, 4) is 0 Å². The van der Waals surface area contributed by atoms with Gasteiger partial charge in [0.05, 0.1) is 0 Å². The Balaban J connectivity index is 2.54. The molecule has 0 spiro atoms. The predicted octanol–water partition coefficient (Wildman–Crippen LogP) is 3.78. The van der Waals surface area contributed by atoms with E-state index in [4.69, 9.17) is 0 Å². The van der Waals surface area contributed by atoms with Gasteiger partial charge in [0.1, 0.15) is 5.60 Å².